The Morgan fingerprint density at radius 1 is 1.26 bits per heavy atom. The molecule has 9 nitrogen and oxygen atoms in total. The smallest absolute Gasteiger partial charge is 0.257 e. The number of aliphatic hydroxyl groups excluding tert-OH is 1. The van der Waals surface area contributed by atoms with E-state index in [4.69, 9.17) is 0 Å². The fourth-order valence-electron chi connectivity index (χ4n) is 5.37. The number of hydrogen-bond acceptors (Lipinski definition) is 6. The maximum atomic E-state index is 14.9. The number of nitrogens with zero attached hydrogens (tertiary/aromatic N) is 4. The van der Waals surface area contributed by atoms with Crippen LogP contribution in [-0.2, 0) is 4.79 Å². The molecule has 2 saturated carbocycles. The molecule has 2 amide bonds. The molecule has 38 heavy (non-hydrogen) atoms. The molecule has 0 aromatic carbocycles. The molecule has 3 fully saturated rings. The minimum absolute atomic E-state index is 0.0165. The molecule has 198 valence electrons. The average Bonchev–Trinajstić information content (AvgIpc) is 3.81. The van der Waals surface area contributed by atoms with Crippen molar-refractivity contribution in [3.05, 3.63) is 58.0 Å². The summed E-state index contributed by atoms with van der Waals surface area (Å²) < 4.78 is 43.1. The summed E-state index contributed by atoms with van der Waals surface area (Å²) in [6.07, 6.45) is 3.54. The van der Waals surface area contributed by atoms with Crippen molar-refractivity contribution >= 4 is 28.7 Å². The van der Waals surface area contributed by atoms with Crippen molar-refractivity contribution in [2.45, 2.75) is 50.8 Å². The lowest BCUT2D eigenvalue weighted by Gasteiger charge is -2.22. The van der Waals surface area contributed by atoms with Gasteiger partial charge in [-0.25, -0.2) is 23.1 Å². The number of aromatic nitrogens is 3. The van der Waals surface area contributed by atoms with Gasteiger partial charge in [0.1, 0.15) is 23.9 Å². The van der Waals surface area contributed by atoms with Crippen LogP contribution < -0.4 is 15.6 Å². The van der Waals surface area contributed by atoms with E-state index in [1.807, 2.05) is 0 Å². The Balaban J connectivity index is 1.51. The normalized spacial score (nSPS) is 22.8. The first-order chi connectivity index (χ1) is 18.2. The van der Waals surface area contributed by atoms with Gasteiger partial charge >= 0.3 is 0 Å². The number of hydrogen-bond donors (Lipinski definition) is 2. The van der Waals surface area contributed by atoms with Crippen molar-refractivity contribution in [2.75, 3.05) is 11.6 Å². The van der Waals surface area contributed by atoms with Crippen molar-refractivity contribution in [3.8, 4) is 5.82 Å². The van der Waals surface area contributed by atoms with Gasteiger partial charge in [0.15, 0.2) is 17.3 Å². The van der Waals surface area contributed by atoms with Crippen molar-refractivity contribution in [1.82, 2.24) is 19.9 Å². The molecule has 2 N–H and O–H groups in total. The highest BCUT2D eigenvalue weighted by Gasteiger charge is 2.65. The highest BCUT2D eigenvalue weighted by atomic mass is 19.1. The lowest BCUT2D eigenvalue weighted by molar-refractivity contribution is -0.123. The van der Waals surface area contributed by atoms with Crippen LogP contribution >= 0.6 is 0 Å². The van der Waals surface area contributed by atoms with Gasteiger partial charge in [-0.05, 0) is 50.7 Å². The molecule has 3 atom stereocenters. The number of nitrogens with one attached hydrogen (secondary N) is 1. The first kappa shape index (κ1) is 24.5. The van der Waals surface area contributed by atoms with Crippen molar-refractivity contribution in [1.29, 1.82) is 0 Å². The topological polar surface area (TPSA) is 117 Å². The Bertz CT molecular complexity index is 1550. The van der Waals surface area contributed by atoms with Gasteiger partial charge in [0, 0.05) is 12.3 Å². The molecule has 0 bridgehead atoms. The van der Waals surface area contributed by atoms with Gasteiger partial charge in [-0.2, -0.15) is 0 Å². The maximum Gasteiger partial charge on any atom is 0.257 e. The molecule has 3 aromatic heterocycles. The lowest BCUT2D eigenvalue weighted by Crippen LogP contribution is -2.40. The quantitative estimate of drug-likeness (QED) is 0.509. The van der Waals surface area contributed by atoms with Crippen LogP contribution in [0.4, 0.5) is 19.0 Å². The summed E-state index contributed by atoms with van der Waals surface area (Å²) in [5.41, 5.74) is -2.10. The first-order valence-corrected chi connectivity index (χ1v) is 12.4. The third-order valence-electron chi connectivity index (χ3n) is 7.88. The SMILES string of the molecule is CC1C(O)C2(CC2)C(=O)N1c1ccc2c(=O)c(C(=O)N[C@H](CF)C3CC3)cn(-c3ncc(F)cc3F)c2n1. The van der Waals surface area contributed by atoms with Crippen LogP contribution in [0.15, 0.2) is 35.4 Å². The lowest BCUT2D eigenvalue weighted by atomic mass is 9.99. The second-order valence-electron chi connectivity index (χ2n) is 10.3. The molecule has 1 saturated heterocycles. The molecule has 4 heterocycles. The molecule has 0 radical (unpaired) electrons. The fourth-order valence-corrected chi connectivity index (χ4v) is 5.37. The molecule has 3 aromatic rings. The van der Waals surface area contributed by atoms with E-state index < -0.39 is 64.6 Å². The van der Waals surface area contributed by atoms with Gasteiger partial charge < -0.3 is 10.4 Å². The largest absolute Gasteiger partial charge is 0.390 e. The summed E-state index contributed by atoms with van der Waals surface area (Å²) in [5, 5.41) is 13.1. The summed E-state index contributed by atoms with van der Waals surface area (Å²) in [6.45, 7) is 0.886. The number of aliphatic hydroxyl groups is 1. The van der Waals surface area contributed by atoms with Gasteiger partial charge in [0.05, 0.1) is 35.2 Å². The molecule has 2 aliphatic carbocycles. The average molecular weight is 528 g/mol. The van der Waals surface area contributed by atoms with Crippen LogP contribution in [0.3, 0.4) is 0 Å². The number of anilines is 1. The molecular weight excluding hydrogens is 503 g/mol. The van der Waals surface area contributed by atoms with Crippen molar-refractivity contribution in [3.63, 3.8) is 0 Å². The number of rotatable bonds is 6. The molecule has 1 aliphatic heterocycles. The number of fused-ring (bicyclic) bond motifs is 1. The van der Waals surface area contributed by atoms with Crippen LogP contribution in [0, 0.1) is 23.0 Å². The van der Waals surface area contributed by atoms with Crippen molar-refractivity contribution in [2.24, 2.45) is 11.3 Å². The van der Waals surface area contributed by atoms with Crippen LogP contribution in [0.1, 0.15) is 43.0 Å². The number of pyridine rings is 3. The van der Waals surface area contributed by atoms with E-state index in [0.717, 1.165) is 29.8 Å². The van der Waals surface area contributed by atoms with Crippen LogP contribution in [0.25, 0.3) is 16.9 Å². The number of carbonyl (C=O) groups is 2. The zero-order valence-corrected chi connectivity index (χ0v) is 20.3. The predicted octanol–water partition coefficient (Wildman–Crippen LogP) is 2.41. The Morgan fingerprint density at radius 2 is 2.00 bits per heavy atom. The van der Waals surface area contributed by atoms with E-state index in [1.165, 1.54) is 17.0 Å². The van der Waals surface area contributed by atoms with E-state index in [2.05, 4.69) is 15.3 Å². The Kier molecular flexibility index (Phi) is 5.56. The van der Waals surface area contributed by atoms with Crippen LogP contribution in [0.2, 0.25) is 0 Å². The summed E-state index contributed by atoms with van der Waals surface area (Å²) in [4.78, 5) is 49.2. The fraction of sp³-hybridized carbons (Fsp3) is 0.423. The Morgan fingerprint density at radius 3 is 2.61 bits per heavy atom. The number of carbonyl (C=O) groups excluding carboxylic acids is 2. The number of halogens is 3. The van der Waals surface area contributed by atoms with Crippen LogP contribution in [-0.4, -0.2) is 56.3 Å². The summed E-state index contributed by atoms with van der Waals surface area (Å²) >= 11 is 0. The molecule has 12 heteroatoms. The van der Waals surface area contributed by atoms with Crippen LogP contribution in [0.5, 0.6) is 0 Å². The minimum Gasteiger partial charge on any atom is -0.390 e. The number of amides is 2. The van der Waals surface area contributed by atoms with E-state index in [0.29, 0.717) is 18.9 Å². The van der Waals surface area contributed by atoms with Gasteiger partial charge in [-0.1, -0.05) is 0 Å². The molecule has 1 spiro atoms. The molecular formula is C26H24F3N5O4. The zero-order valence-electron chi connectivity index (χ0n) is 20.3. The van der Waals surface area contributed by atoms with Gasteiger partial charge in [0.25, 0.3) is 5.91 Å². The molecule has 6 rings (SSSR count). The second-order valence-corrected chi connectivity index (χ2v) is 10.3. The van der Waals surface area contributed by atoms with Gasteiger partial charge in [0.2, 0.25) is 11.3 Å². The zero-order chi connectivity index (χ0) is 26.9. The maximum absolute atomic E-state index is 14.9. The summed E-state index contributed by atoms with van der Waals surface area (Å²) in [6, 6.07) is 2.02. The van der Waals surface area contributed by atoms with Gasteiger partial charge in [-0.15, -0.1) is 0 Å². The highest BCUT2D eigenvalue weighted by molar-refractivity contribution is 6.03. The van der Waals surface area contributed by atoms with E-state index in [-0.39, 0.29) is 28.7 Å². The van der Waals surface area contributed by atoms with E-state index >= 15 is 0 Å². The van der Waals surface area contributed by atoms with Crippen molar-refractivity contribution < 1.29 is 27.9 Å². The third-order valence-corrected chi connectivity index (χ3v) is 7.88. The minimum atomic E-state index is -1.08. The Hall–Kier alpha value is -3.80. The standard InChI is InChI=1S/C26H24F3N5O4/c1-12-21(36)26(6-7-26)25(38)34(12)19-5-4-15-20(35)16(24(37)31-18(9-27)13-2-3-13)11-33(22(15)32-19)23-17(29)8-14(28)10-30-23/h4-5,8,10-13,18,21,36H,2-3,6-7,9H2,1H3,(H,31,37)/t12?,18-,21?/m1/s1. The number of alkyl halides is 1. The highest BCUT2D eigenvalue weighted by Crippen LogP contribution is 2.56. The first-order valence-electron chi connectivity index (χ1n) is 12.4. The summed E-state index contributed by atoms with van der Waals surface area (Å²) in [7, 11) is 0. The van der Waals surface area contributed by atoms with E-state index in [1.54, 1.807) is 6.92 Å². The predicted molar refractivity (Wildman–Crippen MR) is 130 cm³/mol. The molecule has 3 aliphatic rings. The molecule has 2 unspecified atom stereocenters. The monoisotopic (exact) mass is 527 g/mol. The second kappa shape index (κ2) is 8.62. The van der Waals surface area contributed by atoms with E-state index in [9.17, 15) is 32.7 Å². The Labute approximate surface area is 214 Å². The third kappa shape index (κ3) is 3.69. The van der Waals surface area contributed by atoms with Gasteiger partial charge in [-0.3, -0.25) is 23.9 Å². The summed E-state index contributed by atoms with van der Waals surface area (Å²) in [5.74, 6) is -3.47.